The third kappa shape index (κ3) is 6.50. The van der Waals surface area contributed by atoms with Crippen LogP contribution in [0.1, 0.15) is 5.56 Å². The predicted molar refractivity (Wildman–Crippen MR) is 82.4 cm³/mol. The van der Waals surface area contributed by atoms with Gasteiger partial charge in [0.25, 0.3) is 5.91 Å². The zero-order valence-electron chi connectivity index (χ0n) is 11.9. The lowest BCUT2D eigenvalue weighted by Crippen LogP contribution is -2.29. The first-order valence-electron chi connectivity index (χ1n) is 6.49. The molecule has 0 spiro atoms. The SMILES string of the molecule is C#CCNC(=O)COc1cccc(Cl)c1CNCCOC. The van der Waals surface area contributed by atoms with Gasteiger partial charge in [-0.25, -0.2) is 0 Å². The second-order valence-corrected chi connectivity index (χ2v) is 4.56. The van der Waals surface area contributed by atoms with Crippen molar-refractivity contribution in [3.8, 4) is 18.1 Å². The highest BCUT2D eigenvalue weighted by Crippen LogP contribution is 2.26. The number of hydrogen-bond acceptors (Lipinski definition) is 4. The number of amides is 1. The average molecular weight is 311 g/mol. The summed E-state index contributed by atoms with van der Waals surface area (Å²) in [6.45, 7) is 1.92. The number of halogens is 1. The van der Waals surface area contributed by atoms with Gasteiger partial charge in [0, 0.05) is 30.8 Å². The van der Waals surface area contributed by atoms with Crippen molar-refractivity contribution in [2.75, 3.05) is 33.4 Å². The largest absolute Gasteiger partial charge is 0.483 e. The lowest BCUT2D eigenvalue weighted by Gasteiger charge is -2.13. The molecule has 5 nitrogen and oxygen atoms in total. The number of rotatable bonds is 9. The third-order valence-electron chi connectivity index (χ3n) is 2.61. The Bertz CT molecular complexity index is 500. The molecule has 21 heavy (non-hydrogen) atoms. The van der Waals surface area contributed by atoms with Gasteiger partial charge in [-0.2, -0.15) is 0 Å². The molecule has 114 valence electrons. The lowest BCUT2D eigenvalue weighted by molar-refractivity contribution is -0.122. The average Bonchev–Trinajstić information content (AvgIpc) is 2.49. The number of carbonyl (C=O) groups excluding carboxylic acids is 1. The van der Waals surface area contributed by atoms with Gasteiger partial charge in [-0.1, -0.05) is 23.6 Å². The topological polar surface area (TPSA) is 59.6 Å². The Balaban J connectivity index is 2.58. The number of methoxy groups -OCH3 is 1. The van der Waals surface area contributed by atoms with E-state index in [4.69, 9.17) is 27.5 Å². The molecule has 0 aliphatic rings. The van der Waals surface area contributed by atoms with E-state index in [9.17, 15) is 4.79 Å². The molecule has 1 rings (SSSR count). The van der Waals surface area contributed by atoms with Crippen molar-refractivity contribution in [2.45, 2.75) is 6.54 Å². The first kappa shape index (κ1) is 17.3. The molecular weight excluding hydrogens is 292 g/mol. The highest BCUT2D eigenvalue weighted by Gasteiger charge is 2.09. The Morgan fingerprint density at radius 2 is 2.29 bits per heavy atom. The molecule has 0 heterocycles. The molecule has 1 aromatic carbocycles. The Labute approximate surface area is 130 Å². The smallest absolute Gasteiger partial charge is 0.258 e. The third-order valence-corrected chi connectivity index (χ3v) is 2.96. The van der Waals surface area contributed by atoms with Crippen LogP contribution in [0.3, 0.4) is 0 Å². The maximum Gasteiger partial charge on any atom is 0.258 e. The zero-order chi connectivity index (χ0) is 15.5. The van der Waals surface area contributed by atoms with Gasteiger partial charge < -0.3 is 20.1 Å². The van der Waals surface area contributed by atoms with Gasteiger partial charge in [-0.05, 0) is 12.1 Å². The van der Waals surface area contributed by atoms with Crippen molar-refractivity contribution in [3.05, 3.63) is 28.8 Å². The zero-order valence-corrected chi connectivity index (χ0v) is 12.7. The van der Waals surface area contributed by atoms with Crippen LogP contribution in [-0.4, -0.2) is 39.3 Å². The van der Waals surface area contributed by atoms with Crippen LogP contribution in [0, 0.1) is 12.3 Å². The molecule has 0 aliphatic carbocycles. The summed E-state index contributed by atoms with van der Waals surface area (Å²) in [5.41, 5.74) is 0.806. The van der Waals surface area contributed by atoms with Gasteiger partial charge >= 0.3 is 0 Å². The normalized spacial score (nSPS) is 9.95. The van der Waals surface area contributed by atoms with E-state index in [1.54, 1.807) is 25.3 Å². The van der Waals surface area contributed by atoms with Crippen LogP contribution in [-0.2, 0) is 16.1 Å². The maximum atomic E-state index is 11.5. The summed E-state index contributed by atoms with van der Waals surface area (Å²) in [7, 11) is 1.64. The second kappa shape index (κ2) is 10.1. The van der Waals surface area contributed by atoms with Crippen molar-refractivity contribution in [1.29, 1.82) is 0 Å². The molecule has 0 radical (unpaired) electrons. The van der Waals surface area contributed by atoms with Gasteiger partial charge in [0.15, 0.2) is 6.61 Å². The van der Waals surface area contributed by atoms with E-state index in [1.807, 2.05) is 0 Å². The van der Waals surface area contributed by atoms with Crippen LogP contribution < -0.4 is 15.4 Å². The van der Waals surface area contributed by atoms with Crippen LogP contribution in [0.25, 0.3) is 0 Å². The van der Waals surface area contributed by atoms with E-state index in [0.29, 0.717) is 30.5 Å². The van der Waals surface area contributed by atoms with E-state index in [0.717, 1.165) is 5.56 Å². The molecular formula is C15H19ClN2O3. The van der Waals surface area contributed by atoms with Crippen LogP contribution in [0.4, 0.5) is 0 Å². The lowest BCUT2D eigenvalue weighted by atomic mass is 10.2. The minimum absolute atomic E-state index is 0.104. The van der Waals surface area contributed by atoms with Gasteiger partial charge in [-0.15, -0.1) is 6.42 Å². The first-order valence-corrected chi connectivity index (χ1v) is 6.86. The monoisotopic (exact) mass is 310 g/mol. The molecule has 0 aromatic heterocycles. The van der Waals surface area contributed by atoms with Crippen molar-refractivity contribution < 1.29 is 14.3 Å². The number of terminal acetylenes is 1. The summed E-state index contributed by atoms with van der Waals surface area (Å²) in [4.78, 5) is 11.5. The number of benzene rings is 1. The van der Waals surface area contributed by atoms with E-state index in [-0.39, 0.29) is 19.1 Å². The van der Waals surface area contributed by atoms with Gasteiger partial charge in [0.1, 0.15) is 5.75 Å². The van der Waals surface area contributed by atoms with Crippen molar-refractivity contribution >= 4 is 17.5 Å². The predicted octanol–water partition coefficient (Wildman–Crippen LogP) is 1.20. The quantitative estimate of drug-likeness (QED) is 0.531. The Morgan fingerprint density at radius 3 is 3.00 bits per heavy atom. The Hall–Kier alpha value is -1.74. The molecule has 1 aromatic rings. The molecule has 0 saturated carbocycles. The molecule has 6 heteroatoms. The molecule has 0 saturated heterocycles. The fraction of sp³-hybridized carbons (Fsp3) is 0.400. The van der Waals surface area contributed by atoms with E-state index in [2.05, 4.69) is 16.6 Å². The molecule has 0 aliphatic heterocycles. The van der Waals surface area contributed by atoms with Crippen LogP contribution in [0.5, 0.6) is 5.75 Å². The summed E-state index contributed by atoms with van der Waals surface area (Å²) in [5, 5.41) is 6.31. The van der Waals surface area contributed by atoms with E-state index < -0.39 is 0 Å². The number of nitrogens with one attached hydrogen (secondary N) is 2. The van der Waals surface area contributed by atoms with Crippen molar-refractivity contribution in [1.82, 2.24) is 10.6 Å². The van der Waals surface area contributed by atoms with E-state index >= 15 is 0 Å². The number of carbonyl (C=O) groups is 1. The Kier molecular flexibility index (Phi) is 8.29. The molecule has 0 fully saturated rings. The fourth-order valence-electron chi connectivity index (χ4n) is 1.58. The molecule has 2 N–H and O–H groups in total. The van der Waals surface area contributed by atoms with Gasteiger partial charge in [-0.3, -0.25) is 4.79 Å². The van der Waals surface area contributed by atoms with Crippen LogP contribution in [0.15, 0.2) is 18.2 Å². The molecule has 0 bridgehead atoms. The van der Waals surface area contributed by atoms with Crippen molar-refractivity contribution in [2.24, 2.45) is 0 Å². The highest BCUT2D eigenvalue weighted by atomic mass is 35.5. The molecule has 0 atom stereocenters. The summed E-state index contributed by atoms with van der Waals surface area (Å²) in [6.07, 6.45) is 5.07. The van der Waals surface area contributed by atoms with Crippen LogP contribution >= 0.6 is 11.6 Å². The fourth-order valence-corrected chi connectivity index (χ4v) is 1.81. The van der Waals surface area contributed by atoms with E-state index in [1.165, 1.54) is 0 Å². The minimum atomic E-state index is -0.272. The molecule has 1 amide bonds. The Morgan fingerprint density at radius 1 is 1.48 bits per heavy atom. The maximum absolute atomic E-state index is 11.5. The number of ether oxygens (including phenoxy) is 2. The van der Waals surface area contributed by atoms with Crippen LogP contribution in [0.2, 0.25) is 5.02 Å². The highest BCUT2D eigenvalue weighted by molar-refractivity contribution is 6.31. The summed E-state index contributed by atoms with van der Waals surface area (Å²) >= 11 is 6.16. The summed E-state index contributed by atoms with van der Waals surface area (Å²) < 4.78 is 10.5. The number of hydrogen-bond donors (Lipinski definition) is 2. The van der Waals surface area contributed by atoms with Gasteiger partial charge in [0.2, 0.25) is 0 Å². The summed E-state index contributed by atoms with van der Waals surface area (Å²) in [5.74, 6) is 2.63. The molecule has 0 unspecified atom stereocenters. The summed E-state index contributed by atoms with van der Waals surface area (Å²) in [6, 6.07) is 5.32. The van der Waals surface area contributed by atoms with Gasteiger partial charge in [0.05, 0.1) is 13.2 Å². The second-order valence-electron chi connectivity index (χ2n) is 4.16. The first-order chi connectivity index (χ1) is 10.2. The minimum Gasteiger partial charge on any atom is -0.483 e. The standard InChI is InChI=1S/C15H19ClN2O3/c1-3-7-18-15(19)11-21-14-6-4-5-13(16)12(14)10-17-8-9-20-2/h1,4-6,17H,7-11H2,2H3,(H,18,19). The van der Waals surface area contributed by atoms with Crippen molar-refractivity contribution in [3.63, 3.8) is 0 Å².